The second kappa shape index (κ2) is 83.6. The molecular formula is C35H89NO34. The molecule has 0 amide bonds. The number of carboxylic acids is 2. The Morgan fingerprint density at radius 2 is 0.357 bits per heavy atom. The van der Waals surface area contributed by atoms with Gasteiger partial charge in [0.1, 0.15) is 67.1 Å². The SMILES string of the molecule is NC(CCC(=O)O)C(=O)O.OCC(O)CO.OCC(O)CO.OCC(O)CO.OCC(O)CO.OCC(O)CO.OCC(O)CO.OCC(O)CO.OCC(O)CO.OCC(O)CO.OCC(O)CO. The number of carboxylic acid groups (broad SMARTS) is 2. The standard InChI is InChI=1S/C5H9NO4.10C3H8O3/c6-3(5(9)10)1-2-4(7)8;10*4-1-3(6)2-5/h3H,1-2,6H2,(H,7,8)(H,9,10);10*3-6H,1-2H2. The molecule has 0 saturated heterocycles. The van der Waals surface area contributed by atoms with Crippen molar-refractivity contribution in [1.29, 1.82) is 0 Å². The molecule has 0 spiro atoms. The van der Waals surface area contributed by atoms with Crippen molar-refractivity contribution in [3.8, 4) is 0 Å². The van der Waals surface area contributed by atoms with E-state index in [9.17, 15) is 9.59 Å². The molecule has 35 nitrogen and oxygen atoms in total. The minimum Gasteiger partial charge on any atom is -0.481 e. The number of carbonyl (C=O) groups is 2. The fraction of sp³-hybridized carbons (Fsp3) is 0.943. The Labute approximate surface area is 402 Å². The molecular weight excluding hydrogens is 978 g/mol. The zero-order chi connectivity index (χ0) is 58.1. The quantitative estimate of drug-likeness (QED) is 0.0427. The van der Waals surface area contributed by atoms with Crippen molar-refractivity contribution in [3.63, 3.8) is 0 Å². The highest BCUT2D eigenvalue weighted by Crippen LogP contribution is 1.93. The highest BCUT2D eigenvalue weighted by atomic mass is 16.4. The number of rotatable bonds is 24. The Hall–Kier alpha value is -2.30. The molecule has 35 heteroatoms. The van der Waals surface area contributed by atoms with Gasteiger partial charge < -0.3 is 169 Å². The maximum absolute atomic E-state index is 9.99. The number of aliphatic carboxylic acids is 2. The third-order valence-corrected chi connectivity index (χ3v) is 5.20. The van der Waals surface area contributed by atoms with Crippen LogP contribution in [0.1, 0.15) is 12.8 Å². The molecule has 0 saturated carbocycles. The molecule has 0 fully saturated rings. The fourth-order valence-corrected chi connectivity index (χ4v) is 0.980. The van der Waals surface area contributed by atoms with Crippen molar-refractivity contribution in [1.82, 2.24) is 0 Å². The number of aliphatic hydroxyl groups excluding tert-OH is 30. The van der Waals surface area contributed by atoms with E-state index in [4.69, 9.17) is 169 Å². The summed E-state index contributed by atoms with van der Waals surface area (Å²) in [6.07, 6.45) is -9.76. The van der Waals surface area contributed by atoms with Crippen LogP contribution in [0.5, 0.6) is 0 Å². The molecule has 0 bridgehead atoms. The van der Waals surface area contributed by atoms with E-state index in [1.54, 1.807) is 0 Å². The fourth-order valence-electron chi connectivity index (χ4n) is 0.980. The van der Waals surface area contributed by atoms with Gasteiger partial charge in [-0.2, -0.15) is 0 Å². The molecule has 0 aliphatic carbocycles. The lowest BCUT2D eigenvalue weighted by Crippen LogP contribution is -2.30. The molecule has 438 valence electrons. The maximum atomic E-state index is 9.99. The summed E-state index contributed by atoms with van der Waals surface area (Å²) in [4.78, 5) is 19.9. The maximum Gasteiger partial charge on any atom is 0.320 e. The van der Waals surface area contributed by atoms with Gasteiger partial charge in [-0.25, -0.2) is 0 Å². The highest BCUT2D eigenvalue weighted by Gasteiger charge is 2.12. The molecule has 0 aromatic rings. The molecule has 0 aromatic heterocycles. The molecule has 0 rings (SSSR count). The Morgan fingerprint density at radius 1 is 0.257 bits per heavy atom. The van der Waals surface area contributed by atoms with Crippen LogP contribution in [-0.2, 0) is 9.59 Å². The zero-order valence-corrected chi connectivity index (χ0v) is 38.6. The van der Waals surface area contributed by atoms with E-state index in [1.807, 2.05) is 0 Å². The second-order valence-corrected chi connectivity index (χ2v) is 12.1. The first-order valence-corrected chi connectivity index (χ1v) is 19.8. The van der Waals surface area contributed by atoms with Crippen LogP contribution >= 0.6 is 0 Å². The molecule has 0 aromatic carbocycles. The van der Waals surface area contributed by atoms with Crippen molar-refractivity contribution < 1.29 is 173 Å². The number of hydrogen-bond acceptors (Lipinski definition) is 33. The largest absolute Gasteiger partial charge is 0.481 e. The summed E-state index contributed by atoms with van der Waals surface area (Å²) in [5, 5.41) is 256. The van der Waals surface area contributed by atoms with E-state index in [1.165, 1.54) is 0 Å². The molecule has 0 radical (unpaired) electrons. The van der Waals surface area contributed by atoms with Crippen LogP contribution in [0.15, 0.2) is 0 Å². The van der Waals surface area contributed by atoms with Crippen LogP contribution in [0.4, 0.5) is 0 Å². The predicted octanol–water partition coefficient (Wildman–Crippen LogP) is -17.4. The summed E-state index contributed by atoms with van der Waals surface area (Å²) >= 11 is 0. The van der Waals surface area contributed by atoms with Crippen LogP contribution < -0.4 is 5.73 Å². The van der Waals surface area contributed by atoms with Crippen LogP contribution in [0.3, 0.4) is 0 Å². The first-order chi connectivity index (χ1) is 32.6. The van der Waals surface area contributed by atoms with Crippen LogP contribution in [0.25, 0.3) is 0 Å². The lowest BCUT2D eigenvalue weighted by Gasteiger charge is -2.01. The van der Waals surface area contributed by atoms with Gasteiger partial charge in [0.2, 0.25) is 0 Å². The molecule has 0 aliphatic heterocycles. The average Bonchev–Trinajstić information content (AvgIpc) is 3.41. The van der Waals surface area contributed by atoms with Crippen molar-refractivity contribution >= 4 is 11.9 Å². The van der Waals surface area contributed by atoms with Crippen LogP contribution in [-0.4, -0.2) is 375 Å². The van der Waals surface area contributed by atoms with E-state index >= 15 is 0 Å². The summed E-state index contributed by atoms with van der Waals surface area (Å²) < 4.78 is 0. The third kappa shape index (κ3) is 126. The first kappa shape index (κ1) is 93.7. The van der Waals surface area contributed by atoms with Crippen LogP contribution in [0, 0.1) is 0 Å². The summed E-state index contributed by atoms with van der Waals surface area (Å²) in [5.74, 6) is -2.20. The normalized spacial score (nSPS) is 10.4. The van der Waals surface area contributed by atoms with E-state index < -0.39 is 79.0 Å². The molecule has 1 atom stereocenters. The molecule has 70 heavy (non-hydrogen) atoms. The van der Waals surface area contributed by atoms with E-state index in [0.717, 1.165) is 0 Å². The Kier molecular flexibility index (Phi) is 112. The summed E-state index contributed by atoms with van der Waals surface area (Å²) in [7, 11) is 0. The molecule has 0 heterocycles. The van der Waals surface area contributed by atoms with Gasteiger partial charge in [-0.1, -0.05) is 0 Å². The van der Waals surface area contributed by atoms with Gasteiger partial charge in [0.25, 0.3) is 0 Å². The van der Waals surface area contributed by atoms with Crippen molar-refractivity contribution in [3.05, 3.63) is 0 Å². The molecule has 0 aliphatic rings. The predicted molar refractivity (Wildman–Crippen MR) is 234 cm³/mol. The minimum absolute atomic E-state index is 0.0231. The highest BCUT2D eigenvalue weighted by molar-refractivity contribution is 5.74. The zero-order valence-electron chi connectivity index (χ0n) is 38.6. The summed E-state index contributed by atoms with van der Waals surface area (Å²) in [5.41, 5.74) is 5.00. The van der Waals surface area contributed by atoms with Gasteiger partial charge >= 0.3 is 11.9 Å². The summed E-state index contributed by atoms with van der Waals surface area (Å²) in [6.45, 7) is -7.29. The number of hydrogen-bond donors (Lipinski definition) is 33. The van der Waals surface area contributed by atoms with Crippen LogP contribution in [0.2, 0.25) is 0 Å². The van der Waals surface area contributed by atoms with E-state index in [-0.39, 0.29) is 145 Å². The Balaban J connectivity index is -0.0000000610. The lowest BCUT2D eigenvalue weighted by molar-refractivity contribution is -0.139. The van der Waals surface area contributed by atoms with E-state index in [2.05, 4.69) is 0 Å². The van der Waals surface area contributed by atoms with Crippen molar-refractivity contribution in [2.45, 2.75) is 79.9 Å². The lowest BCUT2D eigenvalue weighted by atomic mass is 10.2. The average molecular weight is 1070 g/mol. The monoisotopic (exact) mass is 1070 g/mol. The molecule has 1 unspecified atom stereocenters. The van der Waals surface area contributed by atoms with Gasteiger partial charge in [-0.3, -0.25) is 9.59 Å². The molecule has 34 N–H and O–H groups in total. The first-order valence-electron chi connectivity index (χ1n) is 19.8. The van der Waals surface area contributed by atoms with Crippen molar-refractivity contribution in [2.24, 2.45) is 5.73 Å². The van der Waals surface area contributed by atoms with Crippen molar-refractivity contribution in [2.75, 3.05) is 132 Å². The van der Waals surface area contributed by atoms with E-state index in [0.29, 0.717) is 0 Å². The third-order valence-electron chi connectivity index (χ3n) is 5.20. The van der Waals surface area contributed by atoms with Gasteiger partial charge in [0.05, 0.1) is 132 Å². The van der Waals surface area contributed by atoms with Gasteiger partial charge in [0.15, 0.2) is 0 Å². The number of nitrogens with two attached hydrogens (primary N) is 1. The number of aliphatic hydroxyl groups is 30. The van der Waals surface area contributed by atoms with Gasteiger partial charge in [0, 0.05) is 6.42 Å². The summed E-state index contributed by atoms with van der Waals surface area (Å²) in [6, 6.07) is -1.06. The topological polar surface area (TPSA) is 708 Å². The Morgan fingerprint density at radius 3 is 0.400 bits per heavy atom. The minimum atomic E-state index is -1.17. The van der Waals surface area contributed by atoms with Gasteiger partial charge in [-0.15, -0.1) is 0 Å². The Bertz CT molecular complexity index is 675. The smallest absolute Gasteiger partial charge is 0.320 e. The second-order valence-electron chi connectivity index (χ2n) is 12.1. The van der Waals surface area contributed by atoms with Gasteiger partial charge in [-0.05, 0) is 6.42 Å².